The fourth-order valence-corrected chi connectivity index (χ4v) is 2.96. The Hall–Kier alpha value is -2.34. The summed E-state index contributed by atoms with van der Waals surface area (Å²) in [5.41, 5.74) is 1.31. The van der Waals surface area contributed by atoms with E-state index in [4.69, 9.17) is 14.2 Å². The Labute approximate surface area is 134 Å². The van der Waals surface area contributed by atoms with Gasteiger partial charge in [0.1, 0.15) is 24.7 Å². The van der Waals surface area contributed by atoms with Crippen molar-refractivity contribution in [1.82, 2.24) is 5.32 Å². The zero-order valence-electron chi connectivity index (χ0n) is 12.7. The minimum atomic E-state index is -0.151. The molecule has 0 aromatic heterocycles. The average Bonchev–Trinajstić information content (AvgIpc) is 2.96. The molecule has 4 rings (SSSR count). The third-order valence-electron chi connectivity index (χ3n) is 4.19. The number of rotatable bonds is 2. The second kappa shape index (κ2) is 6.04. The molecule has 0 saturated carbocycles. The van der Waals surface area contributed by atoms with Gasteiger partial charge in [0.2, 0.25) is 0 Å². The van der Waals surface area contributed by atoms with Crippen molar-refractivity contribution in [2.24, 2.45) is 10.9 Å². The number of amidine groups is 1. The molecule has 1 saturated heterocycles. The Morgan fingerprint density at radius 1 is 1.09 bits per heavy atom. The van der Waals surface area contributed by atoms with Crippen LogP contribution in [0.15, 0.2) is 28.9 Å². The normalized spacial score (nSPS) is 22.9. The molecular weight excluding hydrogens is 296 g/mol. The van der Waals surface area contributed by atoms with Crippen LogP contribution in [0.5, 0.6) is 11.5 Å². The summed E-state index contributed by atoms with van der Waals surface area (Å²) in [7, 11) is 0. The highest BCUT2D eigenvalue weighted by atomic mass is 16.6. The van der Waals surface area contributed by atoms with Crippen LogP contribution in [-0.2, 0) is 9.53 Å². The number of amides is 1. The number of hydrogen-bond acceptors (Lipinski definition) is 5. The lowest BCUT2D eigenvalue weighted by Crippen LogP contribution is -2.33. The molecule has 120 valence electrons. The van der Waals surface area contributed by atoms with E-state index in [-0.39, 0.29) is 11.8 Å². The van der Waals surface area contributed by atoms with Gasteiger partial charge in [0.25, 0.3) is 5.91 Å². The average molecular weight is 314 g/mol. The fourth-order valence-electron chi connectivity index (χ4n) is 2.96. The molecule has 1 amide bonds. The number of fused-ring (bicyclic) bond motifs is 1. The number of ether oxygens (including phenoxy) is 3. The standard InChI is InChI=1S/C17H18N2O4/c20-17-13(18-16(19-17)12-3-5-21-6-4-12)9-11-1-2-14-15(10-11)23-8-7-22-14/h1-2,9-10,12H,3-8H2,(H,18,19,20)/b13-9+. The summed E-state index contributed by atoms with van der Waals surface area (Å²) in [6.07, 6.45) is 3.58. The van der Waals surface area contributed by atoms with Crippen molar-refractivity contribution in [3.63, 3.8) is 0 Å². The summed E-state index contributed by atoms with van der Waals surface area (Å²) in [5, 5.41) is 2.89. The number of nitrogens with one attached hydrogen (secondary N) is 1. The van der Waals surface area contributed by atoms with E-state index in [1.807, 2.05) is 18.2 Å². The van der Waals surface area contributed by atoms with Crippen LogP contribution >= 0.6 is 0 Å². The monoisotopic (exact) mass is 314 g/mol. The number of nitrogens with zero attached hydrogens (tertiary/aromatic N) is 1. The van der Waals surface area contributed by atoms with Crippen LogP contribution in [0.3, 0.4) is 0 Å². The van der Waals surface area contributed by atoms with Crippen LogP contribution < -0.4 is 14.8 Å². The Kier molecular flexibility index (Phi) is 3.75. The maximum Gasteiger partial charge on any atom is 0.275 e. The minimum absolute atomic E-state index is 0.151. The number of carbonyl (C=O) groups is 1. The van der Waals surface area contributed by atoms with Gasteiger partial charge in [-0.05, 0) is 36.6 Å². The van der Waals surface area contributed by atoms with Gasteiger partial charge in [-0.1, -0.05) is 6.07 Å². The van der Waals surface area contributed by atoms with Crippen LogP contribution in [0.1, 0.15) is 18.4 Å². The molecule has 1 aromatic rings. The first-order valence-corrected chi connectivity index (χ1v) is 7.88. The van der Waals surface area contributed by atoms with E-state index in [9.17, 15) is 4.79 Å². The summed E-state index contributed by atoms with van der Waals surface area (Å²) < 4.78 is 16.4. The zero-order chi connectivity index (χ0) is 15.6. The molecule has 0 atom stereocenters. The number of aliphatic imine (C=N–C) groups is 1. The molecule has 0 bridgehead atoms. The fraction of sp³-hybridized carbons (Fsp3) is 0.412. The molecule has 23 heavy (non-hydrogen) atoms. The topological polar surface area (TPSA) is 69.2 Å². The maximum absolute atomic E-state index is 12.1. The zero-order valence-corrected chi connectivity index (χ0v) is 12.7. The summed E-state index contributed by atoms with van der Waals surface area (Å²) >= 11 is 0. The van der Waals surface area contributed by atoms with Gasteiger partial charge in [0.05, 0.1) is 0 Å². The Bertz CT molecular complexity index is 690. The van der Waals surface area contributed by atoms with Crippen LogP contribution in [0.25, 0.3) is 6.08 Å². The van der Waals surface area contributed by atoms with Crippen LogP contribution in [0.2, 0.25) is 0 Å². The predicted molar refractivity (Wildman–Crippen MR) is 84.5 cm³/mol. The molecule has 0 aliphatic carbocycles. The first-order valence-electron chi connectivity index (χ1n) is 7.88. The van der Waals surface area contributed by atoms with Crippen LogP contribution in [0, 0.1) is 5.92 Å². The van der Waals surface area contributed by atoms with Crippen molar-refractivity contribution in [1.29, 1.82) is 0 Å². The van der Waals surface area contributed by atoms with E-state index in [2.05, 4.69) is 10.3 Å². The SMILES string of the molecule is O=C1NC(C2CCOCC2)=N/C1=C/c1ccc2c(c1)OCCO2. The molecule has 1 N–H and O–H groups in total. The number of carbonyl (C=O) groups excluding carboxylic acids is 1. The third kappa shape index (κ3) is 2.94. The van der Waals surface area contributed by atoms with E-state index in [1.54, 1.807) is 6.08 Å². The molecule has 6 nitrogen and oxygen atoms in total. The largest absolute Gasteiger partial charge is 0.486 e. The van der Waals surface area contributed by atoms with Gasteiger partial charge >= 0.3 is 0 Å². The number of benzene rings is 1. The highest BCUT2D eigenvalue weighted by Gasteiger charge is 2.27. The molecular formula is C17H18N2O4. The van der Waals surface area contributed by atoms with Crippen molar-refractivity contribution in [3.8, 4) is 11.5 Å². The van der Waals surface area contributed by atoms with E-state index in [1.165, 1.54) is 0 Å². The quantitative estimate of drug-likeness (QED) is 0.845. The Morgan fingerprint density at radius 3 is 2.70 bits per heavy atom. The summed E-state index contributed by atoms with van der Waals surface area (Å²) in [6.45, 7) is 2.55. The van der Waals surface area contributed by atoms with Gasteiger partial charge in [-0.2, -0.15) is 0 Å². The smallest absolute Gasteiger partial charge is 0.275 e. The second-order valence-electron chi connectivity index (χ2n) is 5.77. The van der Waals surface area contributed by atoms with Crippen molar-refractivity contribution < 1.29 is 19.0 Å². The Balaban J connectivity index is 1.57. The number of hydrogen-bond donors (Lipinski definition) is 1. The van der Waals surface area contributed by atoms with E-state index < -0.39 is 0 Å². The highest BCUT2D eigenvalue weighted by molar-refractivity contribution is 6.15. The van der Waals surface area contributed by atoms with Crippen molar-refractivity contribution in [2.75, 3.05) is 26.4 Å². The van der Waals surface area contributed by atoms with Crippen LogP contribution in [-0.4, -0.2) is 38.2 Å². The summed E-state index contributed by atoms with van der Waals surface area (Å²) in [5.74, 6) is 2.33. The van der Waals surface area contributed by atoms with Gasteiger partial charge in [-0.3, -0.25) is 4.79 Å². The van der Waals surface area contributed by atoms with Crippen molar-refractivity contribution in [2.45, 2.75) is 12.8 Å². The van der Waals surface area contributed by atoms with Gasteiger partial charge in [0.15, 0.2) is 11.5 Å². The molecule has 0 spiro atoms. The predicted octanol–water partition coefficient (Wildman–Crippen LogP) is 1.75. The first kappa shape index (κ1) is 14.3. The summed E-state index contributed by atoms with van der Waals surface area (Å²) in [6, 6.07) is 5.63. The van der Waals surface area contributed by atoms with Crippen molar-refractivity contribution >= 4 is 17.8 Å². The molecule has 0 radical (unpaired) electrons. The van der Waals surface area contributed by atoms with Crippen molar-refractivity contribution in [3.05, 3.63) is 29.5 Å². The summed E-state index contributed by atoms with van der Waals surface area (Å²) in [4.78, 5) is 16.6. The molecule has 1 fully saturated rings. The molecule has 3 aliphatic rings. The van der Waals surface area contributed by atoms with Gasteiger partial charge < -0.3 is 19.5 Å². The first-order chi connectivity index (χ1) is 11.3. The molecule has 3 aliphatic heterocycles. The lowest BCUT2D eigenvalue weighted by atomic mass is 9.99. The van der Waals surface area contributed by atoms with Gasteiger partial charge in [-0.25, -0.2) is 4.99 Å². The van der Waals surface area contributed by atoms with Crippen LogP contribution in [0.4, 0.5) is 0 Å². The highest BCUT2D eigenvalue weighted by Crippen LogP contribution is 2.31. The second-order valence-corrected chi connectivity index (χ2v) is 5.77. The molecule has 3 heterocycles. The lowest BCUT2D eigenvalue weighted by Gasteiger charge is -2.21. The minimum Gasteiger partial charge on any atom is -0.486 e. The lowest BCUT2D eigenvalue weighted by molar-refractivity contribution is -0.115. The molecule has 1 aromatic carbocycles. The van der Waals surface area contributed by atoms with E-state index in [0.717, 1.165) is 43.2 Å². The Morgan fingerprint density at radius 2 is 1.87 bits per heavy atom. The third-order valence-corrected chi connectivity index (χ3v) is 4.19. The molecule has 0 unspecified atom stereocenters. The van der Waals surface area contributed by atoms with Gasteiger partial charge in [0, 0.05) is 19.1 Å². The maximum atomic E-state index is 12.1. The van der Waals surface area contributed by atoms with E-state index in [0.29, 0.717) is 24.7 Å². The van der Waals surface area contributed by atoms with E-state index >= 15 is 0 Å². The van der Waals surface area contributed by atoms with Gasteiger partial charge in [-0.15, -0.1) is 0 Å². The molecule has 6 heteroatoms.